The molecule has 0 aliphatic rings. The summed E-state index contributed by atoms with van der Waals surface area (Å²) in [5, 5.41) is 3.05. The Kier molecular flexibility index (Phi) is 10.4. The highest BCUT2D eigenvalue weighted by molar-refractivity contribution is 5.85. The van der Waals surface area contributed by atoms with Gasteiger partial charge in [0.2, 0.25) is 5.91 Å². The zero-order valence-corrected chi connectivity index (χ0v) is 16.3. The summed E-state index contributed by atoms with van der Waals surface area (Å²) in [6.07, 6.45) is 4.17. The highest BCUT2D eigenvalue weighted by Gasteiger charge is 2.26. The van der Waals surface area contributed by atoms with Crippen molar-refractivity contribution in [2.24, 2.45) is 5.73 Å². The summed E-state index contributed by atoms with van der Waals surface area (Å²) in [5.41, 5.74) is 6.49. The average Bonchev–Trinajstić information content (AvgIpc) is 3.08. The van der Waals surface area contributed by atoms with Crippen molar-refractivity contribution < 1.29 is 9.21 Å². The molecule has 1 aromatic carbocycles. The molecule has 0 saturated carbocycles. The number of hydrogen-bond donors (Lipinski definition) is 2. The fourth-order valence-electron chi connectivity index (χ4n) is 2.51. The van der Waals surface area contributed by atoms with Gasteiger partial charge in [0.05, 0.1) is 11.7 Å². The number of rotatable bonds is 8. The predicted octanol–water partition coefficient (Wildman–Crippen LogP) is 3.75. The number of carbonyl (C=O) groups is 1. The Balaban J connectivity index is 0.00000288. The van der Waals surface area contributed by atoms with Gasteiger partial charge in [0.15, 0.2) is 11.7 Å². The number of nitrogens with two attached hydrogens (primary N) is 1. The highest BCUT2D eigenvalue weighted by atomic mass is 35.5. The summed E-state index contributed by atoms with van der Waals surface area (Å²) in [6.45, 7) is 4.52. The van der Waals surface area contributed by atoms with Gasteiger partial charge >= 0.3 is 0 Å². The van der Waals surface area contributed by atoms with Gasteiger partial charge in [-0.2, -0.15) is 0 Å². The summed E-state index contributed by atoms with van der Waals surface area (Å²) in [5.74, 6) is 1.28. The van der Waals surface area contributed by atoms with E-state index in [-0.39, 0.29) is 36.3 Å². The van der Waals surface area contributed by atoms with Crippen LogP contribution in [0, 0.1) is 0 Å². The van der Waals surface area contributed by atoms with Crippen LogP contribution in [-0.4, -0.2) is 23.0 Å². The van der Waals surface area contributed by atoms with Crippen LogP contribution in [0.3, 0.4) is 0 Å². The number of carbonyl (C=O) groups excluding carboxylic acids is 1. The minimum absolute atomic E-state index is 0. The van der Waals surface area contributed by atoms with Gasteiger partial charge in [-0.3, -0.25) is 4.79 Å². The zero-order chi connectivity index (χ0) is 16.7. The van der Waals surface area contributed by atoms with Crippen molar-refractivity contribution in [3.8, 4) is 11.3 Å². The third-order valence-electron chi connectivity index (χ3n) is 4.33. The lowest BCUT2D eigenvalue weighted by Gasteiger charge is -2.31. The van der Waals surface area contributed by atoms with E-state index in [9.17, 15) is 4.79 Å². The van der Waals surface area contributed by atoms with E-state index in [1.165, 1.54) is 0 Å². The lowest BCUT2D eigenvalue weighted by Crippen LogP contribution is -2.52. The van der Waals surface area contributed by atoms with E-state index in [0.717, 1.165) is 24.2 Å². The van der Waals surface area contributed by atoms with Crippen LogP contribution in [0.2, 0.25) is 0 Å². The second-order valence-electron chi connectivity index (χ2n) is 5.72. The molecule has 0 bridgehead atoms. The highest BCUT2D eigenvalue weighted by Crippen LogP contribution is 2.20. The third-order valence-corrected chi connectivity index (χ3v) is 4.33. The second kappa shape index (κ2) is 11.1. The molecule has 1 amide bonds. The smallest absolute Gasteiger partial charge is 0.220 e. The van der Waals surface area contributed by atoms with E-state index in [1.807, 2.05) is 44.2 Å². The first-order valence-electron chi connectivity index (χ1n) is 8.13. The molecule has 2 aromatic rings. The van der Waals surface area contributed by atoms with Crippen molar-refractivity contribution in [3.05, 3.63) is 42.4 Å². The van der Waals surface area contributed by atoms with Gasteiger partial charge in [0, 0.05) is 24.9 Å². The lowest BCUT2D eigenvalue weighted by molar-refractivity contribution is -0.123. The molecule has 25 heavy (non-hydrogen) atoms. The minimum atomic E-state index is -0.303. The molecule has 3 N–H and O–H groups in total. The van der Waals surface area contributed by atoms with Crippen molar-refractivity contribution >= 4 is 30.7 Å². The van der Waals surface area contributed by atoms with Gasteiger partial charge in [0.1, 0.15) is 0 Å². The van der Waals surface area contributed by atoms with E-state index in [1.54, 1.807) is 6.20 Å². The first-order valence-corrected chi connectivity index (χ1v) is 8.13. The number of halogens is 2. The second-order valence-corrected chi connectivity index (χ2v) is 5.72. The van der Waals surface area contributed by atoms with Crippen molar-refractivity contribution in [2.75, 3.05) is 6.54 Å². The minimum Gasteiger partial charge on any atom is -0.441 e. The van der Waals surface area contributed by atoms with Gasteiger partial charge in [-0.15, -0.1) is 24.8 Å². The maximum atomic E-state index is 12.1. The first-order chi connectivity index (χ1) is 11.1. The molecule has 0 spiro atoms. The van der Waals surface area contributed by atoms with Crippen molar-refractivity contribution in [3.63, 3.8) is 0 Å². The van der Waals surface area contributed by atoms with E-state index < -0.39 is 0 Å². The lowest BCUT2D eigenvalue weighted by atomic mass is 9.92. The monoisotopic (exact) mass is 387 g/mol. The maximum absolute atomic E-state index is 12.1. The van der Waals surface area contributed by atoms with Crippen LogP contribution < -0.4 is 11.1 Å². The number of oxazole rings is 1. The number of nitrogens with zero attached hydrogens (tertiary/aromatic N) is 1. The van der Waals surface area contributed by atoms with Gasteiger partial charge in [-0.1, -0.05) is 44.2 Å². The molecule has 1 aromatic heterocycles. The predicted molar refractivity (Wildman–Crippen MR) is 105 cm³/mol. The Bertz CT molecular complexity index is 620. The third kappa shape index (κ3) is 6.34. The Morgan fingerprint density at radius 3 is 2.40 bits per heavy atom. The first kappa shape index (κ1) is 23.4. The zero-order valence-electron chi connectivity index (χ0n) is 14.7. The molecule has 0 fully saturated rings. The average molecular weight is 388 g/mol. The van der Waals surface area contributed by atoms with Crippen LogP contribution in [0.4, 0.5) is 0 Å². The van der Waals surface area contributed by atoms with Gasteiger partial charge < -0.3 is 15.5 Å². The molecule has 140 valence electrons. The molecule has 0 radical (unpaired) electrons. The van der Waals surface area contributed by atoms with E-state index in [2.05, 4.69) is 10.3 Å². The Hall–Kier alpha value is -1.56. The normalized spacial score (nSPS) is 10.5. The van der Waals surface area contributed by atoms with Crippen LogP contribution in [-0.2, 0) is 11.2 Å². The number of amides is 1. The largest absolute Gasteiger partial charge is 0.441 e. The maximum Gasteiger partial charge on any atom is 0.220 e. The van der Waals surface area contributed by atoms with Crippen LogP contribution in [0.15, 0.2) is 40.9 Å². The van der Waals surface area contributed by atoms with Crippen molar-refractivity contribution in [1.29, 1.82) is 0 Å². The van der Waals surface area contributed by atoms with Crippen LogP contribution >= 0.6 is 24.8 Å². The Morgan fingerprint density at radius 2 is 1.84 bits per heavy atom. The van der Waals surface area contributed by atoms with E-state index in [0.29, 0.717) is 25.3 Å². The van der Waals surface area contributed by atoms with Gasteiger partial charge in [0.25, 0.3) is 0 Å². The van der Waals surface area contributed by atoms with Crippen molar-refractivity contribution in [1.82, 2.24) is 10.3 Å². The summed E-state index contributed by atoms with van der Waals surface area (Å²) in [7, 11) is 0. The SMILES string of the molecule is CCC(CC)(CN)NC(=O)CCc1ncc(-c2ccccc2)o1.Cl.Cl. The number of aryl methyl sites for hydroxylation is 1. The Morgan fingerprint density at radius 1 is 1.20 bits per heavy atom. The number of nitrogens with one attached hydrogen (secondary N) is 1. The molecule has 0 unspecified atom stereocenters. The van der Waals surface area contributed by atoms with Gasteiger partial charge in [-0.05, 0) is 12.8 Å². The van der Waals surface area contributed by atoms with Crippen LogP contribution in [0.1, 0.15) is 39.0 Å². The fourth-order valence-corrected chi connectivity index (χ4v) is 2.51. The quantitative estimate of drug-likeness (QED) is 0.722. The number of hydrogen-bond acceptors (Lipinski definition) is 4. The Labute approximate surface area is 161 Å². The van der Waals surface area contributed by atoms with Crippen molar-refractivity contribution in [2.45, 2.75) is 45.1 Å². The summed E-state index contributed by atoms with van der Waals surface area (Å²) in [6, 6.07) is 9.79. The summed E-state index contributed by atoms with van der Waals surface area (Å²) < 4.78 is 5.71. The molecule has 1 heterocycles. The van der Waals surface area contributed by atoms with E-state index >= 15 is 0 Å². The fraction of sp³-hybridized carbons (Fsp3) is 0.444. The molecule has 2 rings (SSSR count). The number of benzene rings is 1. The molecule has 0 atom stereocenters. The molecule has 5 nitrogen and oxygen atoms in total. The summed E-state index contributed by atoms with van der Waals surface area (Å²) >= 11 is 0. The molecule has 7 heteroatoms. The van der Waals surface area contributed by atoms with E-state index in [4.69, 9.17) is 10.2 Å². The molecular weight excluding hydrogens is 361 g/mol. The summed E-state index contributed by atoms with van der Waals surface area (Å²) in [4.78, 5) is 16.4. The van der Waals surface area contributed by atoms with Crippen LogP contribution in [0.25, 0.3) is 11.3 Å². The standard InChI is InChI=1S/C18H25N3O2.2ClH/c1-3-18(4-2,13-19)21-16(22)10-11-17-20-12-15(23-17)14-8-6-5-7-9-14;;/h5-9,12H,3-4,10-11,13,19H2,1-2H3,(H,21,22);2*1H. The topological polar surface area (TPSA) is 81.1 Å². The molecule has 0 aliphatic carbocycles. The van der Waals surface area contributed by atoms with Gasteiger partial charge in [-0.25, -0.2) is 4.98 Å². The molecule has 0 saturated heterocycles. The number of aromatic nitrogens is 1. The molecular formula is C18H27Cl2N3O2. The van der Waals surface area contributed by atoms with Crippen LogP contribution in [0.5, 0.6) is 0 Å². The molecule has 0 aliphatic heterocycles.